The van der Waals surface area contributed by atoms with Crippen LogP contribution in [0.2, 0.25) is 0 Å². The number of hydrogen-bond acceptors (Lipinski definition) is 5. The molecule has 0 saturated heterocycles. The summed E-state index contributed by atoms with van der Waals surface area (Å²) in [6.07, 6.45) is 1.42. The molecule has 1 N–H and O–H groups in total. The van der Waals surface area contributed by atoms with Gasteiger partial charge in [0.1, 0.15) is 11.6 Å². The third-order valence-electron chi connectivity index (χ3n) is 12.4. The van der Waals surface area contributed by atoms with Gasteiger partial charge in [-0.1, -0.05) is 125 Å². The first kappa shape index (κ1) is 37.5. The van der Waals surface area contributed by atoms with Gasteiger partial charge in [0.15, 0.2) is 0 Å². The van der Waals surface area contributed by atoms with E-state index in [4.69, 9.17) is 5.26 Å². The summed E-state index contributed by atoms with van der Waals surface area (Å²) in [5.74, 6) is -1.22. The predicted octanol–water partition coefficient (Wildman–Crippen LogP) is 14.9. The smallest absolute Gasteiger partial charge is 0.346 e. The van der Waals surface area contributed by atoms with Gasteiger partial charge in [0.2, 0.25) is 0 Å². The van der Waals surface area contributed by atoms with Crippen molar-refractivity contribution in [2.75, 3.05) is 4.90 Å². The van der Waals surface area contributed by atoms with Crippen LogP contribution >= 0.6 is 22.7 Å². The number of hydrogen-bond donors (Lipinski definition) is 1. The van der Waals surface area contributed by atoms with Crippen molar-refractivity contribution < 1.29 is 9.90 Å². The van der Waals surface area contributed by atoms with Gasteiger partial charge >= 0.3 is 5.97 Å². The molecule has 2 aliphatic rings. The van der Waals surface area contributed by atoms with E-state index >= 15 is 0 Å². The summed E-state index contributed by atoms with van der Waals surface area (Å²) in [6, 6.07) is 59.1. The number of benzene rings is 6. The van der Waals surface area contributed by atoms with Crippen LogP contribution in [0, 0.1) is 11.3 Å². The van der Waals surface area contributed by atoms with E-state index in [0.29, 0.717) is 0 Å². The summed E-state index contributed by atoms with van der Waals surface area (Å²) in [4.78, 5) is 17.8. The van der Waals surface area contributed by atoms with E-state index in [1.165, 1.54) is 77.2 Å². The molecule has 0 atom stereocenters. The van der Waals surface area contributed by atoms with Gasteiger partial charge in [0.25, 0.3) is 0 Å². The SMILES string of the molecule is CC1(C)c2ccccc2-c2ccc(N(c3ccc(-c4ccc(-c5ccc(-c6ccc(/C=C(\C#N)C(=O)O)s6)cc5)s4)cc3)c3ccc4c(c3)C(C)(C)c3ccccc3-4)cc21. The summed E-state index contributed by atoms with van der Waals surface area (Å²) < 4.78 is 0. The van der Waals surface area contributed by atoms with Gasteiger partial charge in [0.05, 0.1) is 0 Å². The van der Waals surface area contributed by atoms with Crippen molar-refractivity contribution in [2.45, 2.75) is 38.5 Å². The van der Waals surface area contributed by atoms with E-state index in [1.807, 2.05) is 12.1 Å². The van der Waals surface area contributed by atoms with Gasteiger partial charge in [-0.3, -0.25) is 0 Å². The van der Waals surface area contributed by atoms with Gasteiger partial charge in [-0.25, -0.2) is 4.79 Å². The molecule has 6 aromatic carbocycles. The first-order valence-corrected chi connectivity index (χ1v) is 21.7. The van der Waals surface area contributed by atoms with Crippen LogP contribution in [0.5, 0.6) is 0 Å². The molecule has 290 valence electrons. The van der Waals surface area contributed by atoms with Gasteiger partial charge < -0.3 is 10.0 Å². The Bertz CT molecular complexity index is 2980. The maximum atomic E-state index is 11.3. The zero-order valence-electron chi connectivity index (χ0n) is 33.7. The highest BCUT2D eigenvalue weighted by molar-refractivity contribution is 7.18. The average Bonchev–Trinajstić information content (AvgIpc) is 4.05. The van der Waals surface area contributed by atoms with Crippen LogP contribution < -0.4 is 4.90 Å². The van der Waals surface area contributed by atoms with Crippen LogP contribution in [0.4, 0.5) is 17.1 Å². The van der Waals surface area contributed by atoms with Crippen LogP contribution in [-0.2, 0) is 15.6 Å². The molecule has 0 amide bonds. The minimum atomic E-state index is -1.22. The monoisotopic (exact) mass is 812 g/mol. The molecule has 6 heteroatoms. The molecule has 2 heterocycles. The van der Waals surface area contributed by atoms with Crippen LogP contribution in [-0.4, -0.2) is 11.1 Å². The summed E-state index contributed by atoms with van der Waals surface area (Å²) in [5, 5.41) is 18.4. The topological polar surface area (TPSA) is 64.3 Å². The number of carboxylic acids is 1. The number of nitriles is 1. The number of carboxylic acid groups (broad SMARTS) is 1. The molecule has 0 bridgehead atoms. The van der Waals surface area contributed by atoms with Crippen molar-refractivity contribution in [3.63, 3.8) is 0 Å². The Morgan fingerprint density at radius 1 is 0.533 bits per heavy atom. The molecular weight excluding hydrogens is 773 g/mol. The third-order valence-corrected chi connectivity index (χ3v) is 14.6. The highest BCUT2D eigenvalue weighted by Gasteiger charge is 2.37. The van der Waals surface area contributed by atoms with Crippen LogP contribution in [0.3, 0.4) is 0 Å². The van der Waals surface area contributed by atoms with Crippen molar-refractivity contribution in [3.8, 4) is 59.6 Å². The molecule has 2 aromatic heterocycles. The van der Waals surface area contributed by atoms with E-state index < -0.39 is 5.97 Å². The highest BCUT2D eigenvalue weighted by atomic mass is 32.1. The molecule has 0 aliphatic heterocycles. The zero-order valence-corrected chi connectivity index (χ0v) is 35.3. The van der Waals surface area contributed by atoms with Crippen LogP contribution in [0.1, 0.15) is 54.8 Å². The number of rotatable bonds is 8. The second-order valence-electron chi connectivity index (χ2n) is 16.6. The fourth-order valence-electron chi connectivity index (χ4n) is 9.20. The minimum Gasteiger partial charge on any atom is -0.477 e. The van der Waals surface area contributed by atoms with Crippen molar-refractivity contribution in [3.05, 3.63) is 190 Å². The second kappa shape index (κ2) is 14.2. The van der Waals surface area contributed by atoms with E-state index in [-0.39, 0.29) is 16.4 Å². The van der Waals surface area contributed by atoms with E-state index in [2.05, 4.69) is 178 Å². The average molecular weight is 813 g/mol. The predicted molar refractivity (Wildman–Crippen MR) is 250 cm³/mol. The fourth-order valence-corrected chi connectivity index (χ4v) is 11.2. The molecule has 0 fully saturated rings. The van der Waals surface area contributed by atoms with Crippen LogP contribution in [0.25, 0.3) is 59.7 Å². The molecule has 0 spiro atoms. The Kier molecular flexibility index (Phi) is 8.87. The van der Waals surface area contributed by atoms with Crippen LogP contribution in [0.15, 0.2) is 163 Å². The molecule has 4 nitrogen and oxygen atoms in total. The Hall–Kier alpha value is -6.78. The number of anilines is 3. The molecule has 0 radical (unpaired) electrons. The summed E-state index contributed by atoms with van der Waals surface area (Å²) in [7, 11) is 0. The summed E-state index contributed by atoms with van der Waals surface area (Å²) >= 11 is 3.24. The van der Waals surface area contributed by atoms with E-state index in [9.17, 15) is 9.90 Å². The Labute approximate surface area is 358 Å². The number of aliphatic carboxylic acids is 1. The third kappa shape index (κ3) is 6.13. The summed E-state index contributed by atoms with van der Waals surface area (Å²) in [5.41, 5.74) is 16.9. The Morgan fingerprint density at radius 2 is 0.950 bits per heavy atom. The number of thiophene rings is 2. The Morgan fingerprint density at radius 3 is 1.43 bits per heavy atom. The van der Waals surface area contributed by atoms with Crippen molar-refractivity contribution >= 4 is 51.8 Å². The summed E-state index contributed by atoms with van der Waals surface area (Å²) in [6.45, 7) is 9.37. The fraction of sp³-hybridized carbons (Fsp3) is 0.111. The van der Waals surface area contributed by atoms with Gasteiger partial charge in [-0.05, 0) is 128 Å². The number of carbonyl (C=O) groups is 1. The maximum Gasteiger partial charge on any atom is 0.346 e. The molecule has 8 aromatic rings. The van der Waals surface area contributed by atoms with Gasteiger partial charge in [-0.15, -0.1) is 22.7 Å². The zero-order chi connectivity index (χ0) is 41.3. The van der Waals surface area contributed by atoms with E-state index in [0.717, 1.165) is 37.9 Å². The number of fused-ring (bicyclic) bond motifs is 6. The largest absolute Gasteiger partial charge is 0.477 e. The quantitative estimate of drug-likeness (QED) is 0.123. The standard InChI is InChI=1S/C54H40N2O2S2/c1-53(2)45-11-7-5-9-41(45)43-24-21-38(30-47(43)53)56(39-22-25-44-42-10-6-8-12-46(42)54(3,4)48(44)31-39)37-19-17-35(18-20-37)51-28-27-50(60-51)34-15-13-33(14-16-34)49-26-23-40(59-49)29-36(32-55)52(57)58/h5-31H,1-4H3,(H,57,58)/b36-29+. The van der Waals surface area contributed by atoms with Crippen molar-refractivity contribution in [1.29, 1.82) is 5.26 Å². The lowest BCUT2D eigenvalue weighted by molar-refractivity contribution is -0.132. The van der Waals surface area contributed by atoms with Crippen molar-refractivity contribution in [1.82, 2.24) is 0 Å². The lowest BCUT2D eigenvalue weighted by atomic mass is 9.82. The molecule has 60 heavy (non-hydrogen) atoms. The number of nitrogens with zero attached hydrogens (tertiary/aromatic N) is 2. The Balaban J connectivity index is 0.977. The van der Waals surface area contributed by atoms with Crippen molar-refractivity contribution in [2.24, 2.45) is 0 Å². The van der Waals surface area contributed by atoms with Gasteiger partial charge in [0, 0.05) is 47.4 Å². The van der Waals surface area contributed by atoms with Gasteiger partial charge in [-0.2, -0.15) is 5.26 Å². The lowest BCUT2D eigenvalue weighted by Crippen LogP contribution is -2.18. The molecular formula is C54H40N2O2S2. The first-order chi connectivity index (χ1) is 29.0. The highest BCUT2D eigenvalue weighted by Crippen LogP contribution is 2.53. The molecule has 0 saturated carbocycles. The molecule has 2 aliphatic carbocycles. The second-order valence-corrected chi connectivity index (χ2v) is 18.8. The molecule has 0 unspecified atom stereocenters. The van der Waals surface area contributed by atoms with E-state index in [1.54, 1.807) is 17.4 Å². The molecule has 10 rings (SSSR count). The normalized spacial score (nSPS) is 14.2. The minimum absolute atomic E-state index is 0.117. The lowest BCUT2D eigenvalue weighted by Gasteiger charge is -2.30. The first-order valence-electron chi connectivity index (χ1n) is 20.1. The maximum absolute atomic E-state index is 11.3.